The number of hydrazine groups is 1. The summed E-state index contributed by atoms with van der Waals surface area (Å²) in [6.45, 7) is 3.19. The largest absolute Gasteiger partial charge is 0.484 e. The van der Waals surface area contributed by atoms with Gasteiger partial charge in [-0.2, -0.15) is 0 Å². The molecule has 1 aliphatic rings. The Bertz CT molecular complexity index is 1030. The van der Waals surface area contributed by atoms with Gasteiger partial charge >= 0.3 is 11.9 Å². The number of aryl methyl sites for hydroxylation is 1. The van der Waals surface area contributed by atoms with Gasteiger partial charge in [-0.3, -0.25) is 25.2 Å². The maximum Gasteiger partial charge on any atom is 0.342 e. The number of esters is 1. The molecule has 10 nitrogen and oxygen atoms in total. The van der Waals surface area contributed by atoms with Crippen molar-refractivity contribution in [2.45, 2.75) is 39.5 Å². The maximum atomic E-state index is 12.3. The Morgan fingerprint density at radius 3 is 2.53 bits per heavy atom. The number of carbonyl (C=O) groups excluding carboxylic acids is 3. The van der Waals surface area contributed by atoms with Crippen molar-refractivity contribution in [1.29, 1.82) is 0 Å². The molecule has 1 saturated carbocycles. The number of carboxylic acid groups (broad SMARTS) is 1. The fourth-order valence-electron chi connectivity index (χ4n) is 3.90. The van der Waals surface area contributed by atoms with E-state index in [2.05, 4.69) is 10.9 Å². The summed E-state index contributed by atoms with van der Waals surface area (Å²) in [7, 11) is 0. The first kappa shape index (κ1) is 23.1. The van der Waals surface area contributed by atoms with Crippen molar-refractivity contribution >= 4 is 34.7 Å². The van der Waals surface area contributed by atoms with Gasteiger partial charge in [0, 0.05) is 5.39 Å². The van der Waals surface area contributed by atoms with Gasteiger partial charge in [0.15, 0.2) is 6.61 Å². The number of nitrogens with one attached hydrogen (secondary N) is 2. The maximum absolute atomic E-state index is 12.3. The molecule has 1 aromatic heterocycles. The molecule has 172 valence electrons. The van der Waals surface area contributed by atoms with E-state index in [4.69, 9.17) is 13.9 Å². The molecule has 3 N–H and O–H groups in total. The molecule has 0 radical (unpaired) electrons. The SMILES string of the molecule is CCOC(=O)c1c(C)oc2ccc(OCC(=O)NNC(=O)[C@H]3CCCC[C@@H]3C(=O)O)cc12. The lowest BCUT2D eigenvalue weighted by Gasteiger charge is -2.27. The van der Waals surface area contributed by atoms with E-state index in [1.165, 1.54) is 0 Å². The Morgan fingerprint density at radius 1 is 1.12 bits per heavy atom. The summed E-state index contributed by atoms with van der Waals surface area (Å²) < 4.78 is 16.1. The quantitative estimate of drug-likeness (QED) is 0.434. The van der Waals surface area contributed by atoms with Gasteiger partial charge in [-0.15, -0.1) is 0 Å². The van der Waals surface area contributed by atoms with Crippen molar-refractivity contribution in [1.82, 2.24) is 10.9 Å². The van der Waals surface area contributed by atoms with Gasteiger partial charge in [0.2, 0.25) is 5.91 Å². The van der Waals surface area contributed by atoms with Crippen molar-refractivity contribution in [2.75, 3.05) is 13.2 Å². The summed E-state index contributed by atoms with van der Waals surface area (Å²) in [5, 5.41) is 9.79. The normalized spacial score (nSPS) is 18.1. The number of benzene rings is 1. The average molecular weight is 446 g/mol. The Balaban J connectivity index is 1.57. The fraction of sp³-hybridized carbons (Fsp3) is 0.455. The van der Waals surface area contributed by atoms with Crippen LogP contribution in [0.4, 0.5) is 0 Å². The first-order valence-corrected chi connectivity index (χ1v) is 10.5. The van der Waals surface area contributed by atoms with Crippen LogP contribution in [0.15, 0.2) is 22.6 Å². The molecule has 1 fully saturated rings. The van der Waals surface area contributed by atoms with E-state index in [9.17, 15) is 24.3 Å². The number of carboxylic acids is 1. The van der Waals surface area contributed by atoms with E-state index in [1.54, 1.807) is 32.0 Å². The minimum Gasteiger partial charge on any atom is -0.484 e. The lowest BCUT2D eigenvalue weighted by atomic mass is 9.79. The second-order valence-electron chi connectivity index (χ2n) is 7.57. The first-order valence-electron chi connectivity index (χ1n) is 10.5. The van der Waals surface area contributed by atoms with Crippen LogP contribution in [0.1, 0.15) is 48.7 Å². The smallest absolute Gasteiger partial charge is 0.342 e. The third kappa shape index (κ3) is 5.19. The van der Waals surface area contributed by atoms with Gasteiger partial charge in [0.25, 0.3) is 5.91 Å². The zero-order valence-electron chi connectivity index (χ0n) is 17.9. The molecule has 0 saturated heterocycles. The molecule has 0 aliphatic heterocycles. The number of carbonyl (C=O) groups is 4. The molecule has 0 bridgehead atoms. The van der Waals surface area contributed by atoms with Crippen molar-refractivity contribution in [3.05, 3.63) is 29.5 Å². The number of amides is 2. The third-order valence-electron chi connectivity index (χ3n) is 5.43. The Kier molecular flexibility index (Phi) is 7.34. The average Bonchev–Trinajstić information content (AvgIpc) is 3.11. The zero-order chi connectivity index (χ0) is 23.3. The van der Waals surface area contributed by atoms with Crippen LogP contribution in [-0.2, 0) is 19.1 Å². The summed E-state index contributed by atoms with van der Waals surface area (Å²) in [6.07, 6.45) is 2.43. The number of hydrogen-bond donors (Lipinski definition) is 3. The molecular weight excluding hydrogens is 420 g/mol. The molecule has 0 spiro atoms. The van der Waals surface area contributed by atoms with Gasteiger partial charge in [-0.25, -0.2) is 4.79 Å². The second-order valence-corrected chi connectivity index (χ2v) is 7.57. The summed E-state index contributed by atoms with van der Waals surface area (Å²) in [5.41, 5.74) is 5.31. The lowest BCUT2D eigenvalue weighted by Crippen LogP contribution is -2.49. The van der Waals surface area contributed by atoms with E-state index in [0.717, 1.165) is 12.8 Å². The van der Waals surface area contributed by atoms with Crippen LogP contribution in [0.3, 0.4) is 0 Å². The molecular formula is C22H26N2O8. The number of fused-ring (bicyclic) bond motifs is 1. The van der Waals surface area contributed by atoms with Crippen molar-refractivity contribution < 1.29 is 38.2 Å². The molecule has 2 aromatic rings. The highest BCUT2D eigenvalue weighted by molar-refractivity contribution is 6.04. The summed E-state index contributed by atoms with van der Waals surface area (Å²) >= 11 is 0. The summed E-state index contributed by atoms with van der Waals surface area (Å²) in [4.78, 5) is 47.9. The van der Waals surface area contributed by atoms with Gasteiger partial charge < -0.3 is 19.0 Å². The van der Waals surface area contributed by atoms with Crippen LogP contribution >= 0.6 is 0 Å². The number of hydrogen-bond acceptors (Lipinski definition) is 7. The van der Waals surface area contributed by atoms with Crippen molar-refractivity contribution in [3.8, 4) is 5.75 Å². The molecule has 2 atom stereocenters. The van der Waals surface area contributed by atoms with Gasteiger partial charge in [-0.05, 0) is 44.9 Å². The number of ether oxygens (including phenoxy) is 2. The van der Waals surface area contributed by atoms with Crippen LogP contribution < -0.4 is 15.6 Å². The third-order valence-corrected chi connectivity index (χ3v) is 5.43. The van der Waals surface area contributed by atoms with E-state index in [0.29, 0.717) is 40.9 Å². The fourth-order valence-corrected chi connectivity index (χ4v) is 3.90. The minimum absolute atomic E-state index is 0.223. The van der Waals surface area contributed by atoms with Crippen molar-refractivity contribution in [3.63, 3.8) is 0 Å². The predicted molar refractivity (Wildman–Crippen MR) is 112 cm³/mol. The number of aliphatic carboxylic acids is 1. The van der Waals surface area contributed by atoms with Crippen LogP contribution in [-0.4, -0.2) is 42.1 Å². The Labute approximate surface area is 184 Å². The molecule has 1 heterocycles. The Morgan fingerprint density at radius 2 is 1.84 bits per heavy atom. The highest BCUT2D eigenvalue weighted by Crippen LogP contribution is 2.31. The standard InChI is InChI=1S/C22H26N2O8/c1-3-30-22(29)19-12(2)32-17-9-8-13(10-16(17)19)31-11-18(25)23-24-20(26)14-6-4-5-7-15(14)21(27)28/h8-10,14-15H,3-7,11H2,1-2H3,(H,23,25)(H,24,26)(H,27,28)/t14-,15-/m0/s1. The minimum atomic E-state index is -1.01. The molecule has 1 aliphatic carbocycles. The van der Waals surface area contributed by atoms with E-state index in [-0.39, 0.29) is 6.61 Å². The lowest BCUT2D eigenvalue weighted by molar-refractivity contribution is -0.149. The van der Waals surface area contributed by atoms with E-state index < -0.39 is 42.2 Å². The molecule has 32 heavy (non-hydrogen) atoms. The van der Waals surface area contributed by atoms with E-state index >= 15 is 0 Å². The molecule has 2 amide bonds. The monoisotopic (exact) mass is 446 g/mol. The topological polar surface area (TPSA) is 144 Å². The van der Waals surface area contributed by atoms with Gasteiger partial charge in [0.1, 0.15) is 22.7 Å². The highest BCUT2D eigenvalue weighted by Gasteiger charge is 2.35. The van der Waals surface area contributed by atoms with Crippen LogP contribution in [0, 0.1) is 18.8 Å². The Hall–Kier alpha value is -3.56. The number of rotatable bonds is 7. The zero-order valence-corrected chi connectivity index (χ0v) is 17.9. The molecule has 1 aromatic carbocycles. The van der Waals surface area contributed by atoms with Crippen molar-refractivity contribution in [2.24, 2.45) is 11.8 Å². The van der Waals surface area contributed by atoms with Gasteiger partial charge in [0.05, 0.1) is 18.4 Å². The molecule has 10 heteroatoms. The molecule has 0 unspecified atom stereocenters. The second kappa shape index (κ2) is 10.2. The molecule has 3 rings (SSSR count). The van der Waals surface area contributed by atoms with Crippen LogP contribution in [0.2, 0.25) is 0 Å². The summed E-state index contributed by atoms with van der Waals surface area (Å²) in [6, 6.07) is 4.78. The van der Waals surface area contributed by atoms with Crippen LogP contribution in [0.5, 0.6) is 5.75 Å². The number of furan rings is 1. The first-order chi connectivity index (χ1) is 15.3. The van der Waals surface area contributed by atoms with Gasteiger partial charge in [-0.1, -0.05) is 12.8 Å². The predicted octanol–water partition coefficient (Wildman–Crippen LogP) is 2.34. The highest BCUT2D eigenvalue weighted by atomic mass is 16.5. The van der Waals surface area contributed by atoms with E-state index in [1.807, 2.05) is 0 Å². The summed E-state index contributed by atoms with van der Waals surface area (Å²) in [5.74, 6) is -3.36. The van der Waals surface area contributed by atoms with Crippen LogP contribution in [0.25, 0.3) is 11.0 Å².